The molecule has 0 saturated heterocycles. The Morgan fingerprint density at radius 2 is 2.05 bits per heavy atom. The van der Waals surface area contributed by atoms with Crippen molar-refractivity contribution in [3.05, 3.63) is 65.2 Å². The zero-order valence-corrected chi connectivity index (χ0v) is 11.2. The van der Waals surface area contributed by atoms with Gasteiger partial charge >= 0.3 is 0 Å². The summed E-state index contributed by atoms with van der Waals surface area (Å²) in [5.74, 6) is -0.787. The third kappa shape index (κ3) is 3.39. The fraction of sp³-hybridized carbons (Fsp3) is 0.200. The van der Waals surface area contributed by atoms with Crippen molar-refractivity contribution in [2.45, 2.75) is 13.1 Å². The van der Waals surface area contributed by atoms with E-state index in [0.29, 0.717) is 13.1 Å². The Morgan fingerprint density at radius 1 is 1.30 bits per heavy atom. The molecule has 2 aromatic rings. The lowest BCUT2D eigenvalue weighted by Crippen LogP contribution is -2.26. The number of hydrogen-bond donors (Lipinski definition) is 1. The molecule has 20 heavy (non-hydrogen) atoms. The maximum absolute atomic E-state index is 13.1. The maximum atomic E-state index is 13.1. The number of nitrogens with two attached hydrogens (primary N) is 1. The van der Waals surface area contributed by atoms with E-state index in [1.165, 1.54) is 17.2 Å². The third-order valence-electron chi connectivity index (χ3n) is 2.95. The zero-order valence-electron chi connectivity index (χ0n) is 11.2. The lowest BCUT2D eigenvalue weighted by Gasteiger charge is -2.17. The van der Waals surface area contributed by atoms with Crippen LogP contribution in [0.15, 0.2) is 42.7 Å². The number of rotatable bonds is 4. The SMILES string of the molecule is CN(Cc1cccc(CN)c1)C(=O)c1cncc(F)c1. The molecule has 0 aliphatic heterocycles. The van der Waals surface area contributed by atoms with Crippen molar-refractivity contribution >= 4 is 5.91 Å². The Balaban J connectivity index is 2.11. The van der Waals surface area contributed by atoms with E-state index in [2.05, 4.69) is 4.98 Å². The van der Waals surface area contributed by atoms with Gasteiger partial charge in [0.2, 0.25) is 0 Å². The fourth-order valence-corrected chi connectivity index (χ4v) is 1.95. The van der Waals surface area contributed by atoms with Crippen LogP contribution in [0.3, 0.4) is 0 Å². The van der Waals surface area contributed by atoms with Crippen LogP contribution < -0.4 is 5.73 Å². The average Bonchev–Trinajstić information content (AvgIpc) is 2.46. The molecule has 1 aromatic carbocycles. The van der Waals surface area contributed by atoms with E-state index < -0.39 is 5.82 Å². The molecule has 0 radical (unpaired) electrons. The molecule has 0 fully saturated rings. The van der Waals surface area contributed by atoms with Gasteiger partial charge in [-0.25, -0.2) is 4.39 Å². The number of carbonyl (C=O) groups excluding carboxylic acids is 1. The second kappa shape index (κ2) is 6.25. The smallest absolute Gasteiger partial charge is 0.255 e. The topological polar surface area (TPSA) is 59.2 Å². The van der Waals surface area contributed by atoms with E-state index in [1.807, 2.05) is 24.3 Å². The Kier molecular flexibility index (Phi) is 4.42. The molecule has 0 unspecified atom stereocenters. The van der Waals surface area contributed by atoms with Crippen LogP contribution in [0.4, 0.5) is 4.39 Å². The minimum atomic E-state index is -0.519. The van der Waals surface area contributed by atoms with E-state index in [-0.39, 0.29) is 11.5 Å². The predicted octanol–water partition coefficient (Wildman–Crippen LogP) is 1.95. The number of nitrogens with zero attached hydrogens (tertiary/aromatic N) is 2. The van der Waals surface area contributed by atoms with Gasteiger partial charge in [-0.2, -0.15) is 0 Å². The van der Waals surface area contributed by atoms with Gasteiger partial charge in [-0.15, -0.1) is 0 Å². The molecule has 2 rings (SSSR count). The summed E-state index contributed by atoms with van der Waals surface area (Å²) in [7, 11) is 1.67. The Labute approximate surface area is 117 Å². The van der Waals surface area contributed by atoms with Crippen LogP contribution in [0, 0.1) is 5.82 Å². The van der Waals surface area contributed by atoms with E-state index in [1.54, 1.807) is 7.05 Å². The first-order valence-corrected chi connectivity index (χ1v) is 6.24. The molecule has 0 aliphatic rings. The normalized spacial score (nSPS) is 10.3. The predicted molar refractivity (Wildman–Crippen MR) is 74.3 cm³/mol. The van der Waals surface area contributed by atoms with Gasteiger partial charge in [-0.1, -0.05) is 24.3 Å². The molecule has 1 aromatic heterocycles. The van der Waals surface area contributed by atoms with Crippen LogP contribution in [-0.2, 0) is 13.1 Å². The molecule has 1 heterocycles. The molecule has 2 N–H and O–H groups in total. The molecular weight excluding hydrogens is 257 g/mol. The fourth-order valence-electron chi connectivity index (χ4n) is 1.95. The quantitative estimate of drug-likeness (QED) is 0.926. The minimum absolute atomic E-state index is 0.238. The molecule has 0 saturated carbocycles. The molecule has 0 spiro atoms. The summed E-state index contributed by atoms with van der Waals surface area (Å²) in [5.41, 5.74) is 7.81. The minimum Gasteiger partial charge on any atom is -0.337 e. The molecule has 5 heteroatoms. The van der Waals surface area contributed by atoms with Crippen molar-refractivity contribution in [3.8, 4) is 0 Å². The summed E-state index contributed by atoms with van der Waals surface area (Å²) in [4.78, 5) is 17.4. The van der Waals surface area contributed by atoms with Crippen molar-refractivity contribution in [3.63, 3.8) is 0 Å². The van der Waals surface area contributed by atoms with Crippen LogP contribution in [0.1, 0.15) is 21.5 Å². The number of carbonyl (C=O) groups is 1. The summed E-state index contributed by atoms with van der Waals surface area (Å²) in [6, 6.07) is 8.89. The molecule has 104 valence electrons. The average molecular weight is 273 g/mol. The second-order valence-electron chi connectivity index (χ2n) is 4.58. The van der Waals surface area contributed by atoms with Crippen LogP contribution in [0.5, 0.6) is 0 Å². The highest BCUT2D eigenvalue weighted by Gasteiger charge is 2.13. The van der Waals surface area contributed by atoms with Crippen molar-refractivity contribution in [2.24, 2.45) is 5.73 Å². The molecule has 4 nitrogen and oxygen atoms in total. The lowest BCUT2D eigenvalue weighted by molar-refractivity contribution is 0.0784. The second-order valence-corrected chi connectivity index (χ2v) is 4.58. The van der Waals surface area contributed by atoms with Gasteiger partial charge < -0.3 is 10.6 Å². The largest absolute Gasteiger partial charge is 0.337 e. The first-order valence-electron chi connectivity index (χ1n) is 6.24. The van der Waals surface area contributed by atoms with Gasteiger partial charge in [0.05, 0.1) is 11.8 Å². The molecular formula is C15H16FN3O. The van der Waals surface area contributed by atoms with Crippen LogP contribution in [0.25, 0.3) is 0 Å². The van der Waals surface area contributed by atoms with E-state index >= 15 is 0 Å². The highest BCUT2D eigenvalue weighted by Crippen LogP contribution is 2.10. The number of pyridine rings is 1. The monoisotopic (exact) mass is 273 g/mol. The van der Waals surface area contributed by atoms with E-state index in [0.717, 1.165) is 17.3 Å². The van der Waals surface area contributed by atoms with Crippen molar-refractivity contribution in [1.82, 2.24) is 9.88 Å². The molecule has 0 bridgehead atoms. The third-order valence-corrected chi connectivity index (χ3v) is 2.95. The van der Waals surface area contributed by atoms with Crippen LogP contribution in [0.2, 0.25) is 0 Å². The van der Waals surface area contributed by atoms with Gasteiger partial charge in [0.15, 0.2) is 0 Å². The highest BCUT2D eigenvalue weighted by atomic mass is 19.1. The number of benzene rings is 1. The van der Waals surface area contributed by atoms with Crippen molar-refractivity contribution < 1.29 is 9.18 Å². The maximum Gasteiger partial charge on any atom is 0.255 e. The number of aromatic nitrogens is 1. The van der Waals surface area contributed by atoms with Gasteiger partial charge in [-0.05, 0) is 17.2 Å². The molecule has 0 aliphatic carbocycles. The highest BCUT2D eigenvalue weighted by molar-refractivity contribution is 5.93. The lowest BCUT2D eigenvalue weighted by atomic mass is 10.1. The van der Waals surface area contributed by atoms with Crippen LogP contribution >= 0.6 is 0 Å². The van der Waals surface area contributed by atoms with Crippen molar-refractivity contribution in [2.75, 3.05) is 7.05 Å². The Bertz CT molecular complexity index is 616. The van der Waals surface area contributed by atoms with Gasteiger partial charge in [0, 0.05) is 26.3 Å². The molecule has 1 amide bonds. The summed E-state index contributed by atoms with van der Waals surface area (Å²) in [5, 5.41) is 0. The summed E-state index contributed by atoms with van der Waals surface area (Å²) < 4.78 is 13.1. The summed E-state index contributed by atoms with van der Waals surface area (Å²) in [6.07, 6.45) is 2.43. The Hall–Kier alpha value is -2.27. The van der Waals surface area contributed by atoms with E-state index in [9.17, 15) is 9.18 Å². The van der Waals surface area contributed by atoms with Gasteiger partial charge in [-0.3, -0.25) is 9.78 Å². The summed E-state index contributed by atoms with van der Waals surface area (Å²) >= 11 is 0. The standard InChI is InChI=1S/C15H16FN3O/c1-19(10-12-4-2-3-11(5-12)7-17)15(20)13-6-14(16)9-18-8-13/h2-6,8-9H,7,10,17H2,1H3. The number of amides is 1. The van der Waals surface area contributed by atoms with Crippen LogP contribution in [-0.4, -0.2) is 22.8 Å². The number of hydrogen-bond acceptors (Lipinski definition) is 3. The first-order chi connectivity index (χ1) is 9.60. The van der Waals surface area contributed by atoms with E-state index in [4.69, 9.17) is 5.73 Å². The molecule has 0 atom stereocenters. The van der Waals surface area contributed by atoms with Gasteiger partial charge in [0.25, 0.3) is 5.91 Å². The Morgan fingerprint density at radius 3 is 2.75 bits per heavy atom. The zero-order chi connectivity index (χ0) is 14.5. The summed E-state index contributed by atoms with van der Waals surface area (Å²) in [6.45, 7) is 0.891. The van der Waals surface area contributed by atoms with Crippen molar-refractivity contribution in [1.29, 1.82) is 0 Å². The first kappa shape index (κ1) is 14.1. The number of halogens is 1. The van der Waals surface area contributed by atoms with Gasteiger partial charge in [0.1, 0.15) is 5.82 Å².